The van der Waals surface area contributed by atoms with Gasteiger partial charge in [0.1, 0.15) is 23.7 Å². The van der Waals surface area contributed by atoms with Gasteiger partial charge >= 0.3 is 12.2 Å². The quantitative estimate of drug-likeness (QED) is 0.113. The summed E-state index contributed by atoms with van der Waals surface area (Å²) in [6.07, 6.45) is 4.47. The van der Waals surface area contributed by atoms with Gasteiger partial charge < -0.3 is 40.2 Å². The summed E-state index contributed by atoms with van der Waals surface area (Å²) in [5.41, 5.74) is 5.61. The molecule has 3 aliphatic rings. The Hall–Kier alpha value is -5.92. The van der Waals surface area contributed by atoms with Gasteiger partial charge in [0, 0.05) is 18.2 Å². The molecule has 5 aromatic rings. The third-order valence-electron chi connectivity index (χ3n) is 11.7. The second kappa shape index (κ2) is 14.4. The van der Waals surface area contributed by atoms with Gasteiger partial charge in [-0.2, -0.15) is 0 Å². The number of amides is 4. The van der Waals surface area contributed by atoms with Gasteiger partial charge in [-0.15, -0.1) is 0 Å². The van der Waals surface area contributed by atoms with E-state index in [1.807, 2.05) is 37.1 Å². The van der Waals surface area contributed by atoms with E-state index in [1.165, 1.54) is 7.11 Å². The molecule has 2 saturated heterocycles. The Kier molecular flexibility index (Phi) is 9.43. The molecule has 4 heterocycles. The molecule has 14 nitrogen and oxygen atoms in total. The molecule has 5 N–H and O–H groups in total. The summed E-state index contributed by atoms with van der Waals surface area (Å²) < 4.78 is 4.71. The van der Waals surface area contributed by atoms with Crippen molar-refractivity contribution >= 4 is 45.8 Å². The van der Waals surface area contributed by atoms with Gasteiger partial charge in [-0.3, -0.25) is 9.59 Å². The Labute approximate surface area is 318 Å². The van der Waals surface area contributed by atoms with Crippen LogP contribution in [-0.2, 0) is 14.3 Å². The third kappa shape index (κ3) is 6.74. The fourth-order valence-electron chi connectivity index (χ4n) is 8.91. The molecule has 55 heavy (non-hydrogen) atoms. The summed E-state index contributed by atoms with van der Waals surface area (Å²) in [6.45, 7) is 5.91. The zero-order valence-electron chi connectivity index (χ0n) is 31.3. The van der Waals surface area contributed by atoms with Gasteiger partial charge in [0.2, 0.25) is 11.8 Å². The van der Waals surface area contributed by atoms with Crippen LogP contribution in [-0.4, -0.2) is 90.6 Å². The van der Waals surface area contributed by atoms with Gasteiger partial charge in [-0.25, -0.2) is 19.6 Å². The van der Waals surface area contributed by atoms with Crippen LogP contribution in [0.15, 0.2) is 60.8 Å². The smallest absolute Gasteiger partial charge is 0.407 e. The molecular weight excluding hydrogens is 701 g/mol. The number of carbonyl (C=O) groups is 4. The van der Waals surface area contributed by atoms with Crippen molar-refractivity contribution in [1.82, 2.24) is 40.4 Å². The molecule has 4 amide bonds. The Balaban J connectivity index is 0.999. The molecule has 6 unspecified atom stereocenters. The number of fused-ring (bicyclic) bond motifs is 4. The number of imidazole rings is 2. The molecule has 3 fully saturated rings. The highest BCUT2D eigenvalue weighted by molar-refractivity contribution is 5.92. The first-order valence-electron chi connectivity index (χ1n) is 19.0. The SMILES string of the molecule is COC(=O)NC(C)C(=O)N1C2CCC(C2)C1c1ncc(-c2ccc3cc(-c4ccc5nc(C6CCCN6C(=O)C(NC(=O)O)C(C)C)[nH]c5c4)ccc3c2)[nH]1. The van der Waals surface area contributed by atoms with E-state index in [9.17, 15) is 24.3 Å². The highest BCUT2D eigenvalue weighted by atomic mass is 16.5. The number of H-pyrrole nitrogens is 2. The third-order valence-corrected chi connectivity index (χ3v) is 11.7. The van der Waals surface area contributed by atoms with Crippen molar-refractivity contribution in [3.05, 3.63) is 72.4 Å². The average molecular weight is 747 g/mol. The Morgan fingerprint density at radius 3 is 2.35 bits per heavy atom. The summed E-state index contributed by atoms with van der Waals surface area (Å²) >= 11 is 0. The summed E-state index contributed by atoms with van der Waals surface area (Å²) in [5, 5.41) is 16.5. The van der Waals surface area contributed by atoms with Crippen molar-refractivity contribution in [2.45, 2.75) is 83.1 Å². The van der Waals surface area contributed by atoms with Crippen LogP contribution in [0.3, 0.4) is 0 Å². The van der Waals surface area contributed by atoms with Crippen molar-refractivity contribution < 1.29 is 29.0 Å². The van der Waals surface area contributed by atoms with Crippen LogP contribution in [0.2, 0.25) is 0 Å². The van der Waals surface area contributed by atoms with Crippen LogP contribution in [0, 0.1) is 11.8 Å². The zero-order valence-corrected chi connectivity index (χ0v) is 31.3. The second-order valence-corrected chi connectivity index (χ2v) is 15.4. The fourth-order valence-corrected chi connectivity index (χ4v) is 8.91. The second-order valence-electron chi connectivity index (χ2n) is 15.4. The van der Waals surface area contributed by atoms with Crippen molar-refractivity contribution in [2.24, 2.45) is 11.8 Å². The first kappa shape index (κ1) is 36.1. The minimum absolute atomic E-state index is 0.129. The van der Waals surface area contributed by atoms with Gasteiger partial charge in [0.15, 0.2) is 0 Å². The van der Waals surface area contributed by atoms with Crippen LogP contribution in [0.25, 0.3) is 44.2 Å². The molecule has 2 bridgehead atoms. The number of nitrogens with one attached hydrogen (secondary N) is 4. The number of carbonyl (C=O) groups excluding carboxylic acids is 3. The highest BCUT2D eigenvalue weighted by Gasteiger charge is 2.50. The number of piperidine rings is 1. The van der Waals surface area contributed by atoms with Crippen LogP contribution < -0.4 is 10.6 Å². The number of methoxy groups -OCH3 is 1. The van der Waals surface area contributed by atoms with E-state index in [0.717, 1.165) is 82.1 Å². The van der Waals surface area contributed by atoms with E-state index in [-0.39, 0.29) is 35.9 Å². The lowest BCUT2D eigenvalue weighted by Crippen LogP contribution is -2.50. The monoisotopic (exact) mass is 746 g/mol. The van der Waals surface area contributed by atoms with Crippen molar-refractivity contribution in [3.63, 3.8) is 0 Å². The predicted octanol–water partition coefficient (Wildman–Crippen LogP) is 6.53. The van der Waals surface area contributed by atoms with Crippen LogP contribution in [0.5, 0.6) is 0 Å². The fraction of sp³-hybridized carbons (Fsp3) is 0.415. The molecule has 2 aliphatic heterocycles. The molecule has 1 saturated carbocycles. The number of benzene rings is 3. The summed E-state index contributed by atoms with van der Waals surface area (Å²) in [4.78, 5) is 70.5. The summed E-state index contributed by atoms with van der Waals surface area (Å²) in [6, 6.07) is 17.0. The van der Waals surface area contributed by atoms with Gasteiger partial charge in [0.05, 0.1) is 42.1 Å². The van der Waals surface area contributed by atoms with Crippen LogP contribution in [0.1, 0.15) is 76.6 Å². The van der Waals surface area contributed by atoms with Crippen molar-refractivity contribution in [1.29, 1.82) is 0 Å². The van der Waals surface area contributed by atoms with E-state index in [4.69, 9.17) is 14.7 Å². The summed E-state index contributed by atoms with van der Waals surface area (Å²) in [7, 11) is 1.29. The minimum atomic E-state index is -1.21. The number of rotatable bonds is 9. The van der Waals surface area contributed by atoms with E-state index >= 15 is 0 Å². The Morgan fingerprint density at radius 2 is 1.60 bits per heavy atom. The summed E-state index contributed by atoms with van der Waals surface area (Å²) in [5.74, 6) is 1.23. The molecule has 0 radical (unpaired) electrons. The van der Waals surface area contributed by atoms with E-state index in [0.29, 0.717) is 18.3 Å². The zero-order chi connectivity index (χ0) is 38.5. The van der Waals surface area contributed by atoms with Gasteiger partial charge in [-0.05, 0) is 97.0 Å². The maximum Gasteiger partial charge on any atom is 0.407 e. The lowest BCUT2D eigenvalue weighted by molar-refractivity contribution is -0.137. The number of alkyl carbamates (subject to hydrolysis) is 1. The number of likely N-dealkylation sites (tertiary alicyclic amines) is 2. The first-order valence-corrected chi connectivity index (χ1v) is 19.0. The maximum absolute atomic E-state index is 13.5. The number of aromatic nitrogens is 4. The lowest BCUT2D eigenvalue weighted by Gasteiger charge is -2.36. The number of hydrogen-bond donors (Lipinski definition) is 5. The number of aromatic amines is 2. The first-order chi connectivity index (χ1) is 26.5. The molecule has 2 aromatic heterocycles. The lowest BCUT2D eigenvalue weighted by atomic mass is 9.97. The molecular formula is C41H46N8O6. The topological polar surface area (TPSA) is 186 Å². The van der Waals surface area contributed by atoms with Gasteiger partial charge in [-0.1, -0.05) is 44.2 Å². The number of hydrogen-bond acceptors (Lipinski definition) is 7. The largest absolute Gasteiger partial charge is 0.465 e. The van der Waals surface area contributed by atoms with E-state index < -0.39 is 24.3 Å². The average Bonchev–Trinajstić information content (AvgIpc) is 4.03. The molecule has 6 atom stereocenters. The predicted molar refractivity (Wildman–Crippen MR) is 206 cm³/mol. The molecule has 0 spiro atoms. The van der Waals surface area contributed by atoms with Crippen LogP contribution >= 0.6 is 0 Å². The van der Waals surface area contributed by atoms with Crippen LogP contribution in [0.4, 0.5) is 9.59 Å². The Morgan fingerprint density at radius 1 is 0.873 bits per heavy atom. The number of nitrogens with zero attached hydrogens (tertiary/aromatic N) is 4. The normalized spacial score (nSPS) is 21.7. The molecule has 286 valence electrons. The molecule has 14 heteroatoms. The van der Waals surface area contributed by atoms with Crippen molar-refractivity contribution in [2.75, 3.05) is 13.7 Å². The minimum Gasteiger partial charge on any atom is -0.465 e. The molecule has 3 aromatic carbocycles. The molecule has 8 rings (SSSR count). The Bertz CT molecular complexity index is 2300. The number of carboxylic acid groups (broad SMARTS) is 1. The van der Waals surface area contributed by atoms with Crippen molar-refractivity contribution in [3.8, 4) is 22.4 Å². The van der Waals surface area contributed by atoms with E-state index in [2.05, 4.69) is 63.1 Å². The number of ether oxygens (including phenoxy) is 1. The maximum atomic E-state index is 13.5. The van der Waals surface area contributed by atoms with Gasteiger partial charge in [0.25, 0.3) is 0 Å². The molecule has 1 aliphatic carbocycles. The highest BCUT2D eigenvalue weighted by Crippen LogP contribution is 2.50. The van der Waals surface area contributed by atoms with E-state index in [1.54, 1.807) is 11.8 Å². The standard InChI is InChI=1S/C41H46N8O6/c1-21(2)34(47-40(52)53)39(51)48-15-5-6-33(48)36-44-30-14-12-26(19-31(30)45-36)24-7-8-25-17-27(10-9-23(25)16-24)32-20-42-37(46-32)35-28-11-13-29(18-28)49(35)38(50)22(3)43-41(54)55-4/h7-10,12,14,16-17,19-22,28-29,33-35,47H,5-6,11,13,15,18H2,1-4H3,(H,42,46)(H,43,54)(H,44,45)(H,52,53).